The van der Waals surface area contributed by atoms with Gasteiger partial charge in [-0.1, -0.05) is 23.7 Å². The quantitative estimate of drug-likeness (QED) is 0.282. The van der Waals surface area contributed by atoms with Gasteiger partial charge in [0.05, 0.1) is 12.8 Å². The van der Waals surface area contributed by atoms with Gasteiger partial charge in [0.2, 0.25) is 11.8 Å². The van der Waals surface area contributed by atoms with E-state index in [1.165, 1.54) is 6.21 Å². The van der Waals surface area contributed by atoms with Gasteiger partial charge in [-0.15, -0.1) is 0 Å². The van der Waals surface area contributed by atoms with Crippen LogP contribution in [0.25, 0.3) is 0 Å². The highest BCUT2D eigenvalue weighted by Gasteiger charge is 2.09. The summed E-state index contributed by atoms with van der Waals surface area (Å²) in [4.78, 5) is 35.0. The number of amides is 2. The third kappa shape index (κ3) is 8.44. The van der Waals surface area contributed by atoms with Crippen molar-refractivity contribution in [3.8, 4) is 5.75 Å². The van der Waals surface area contributed by atoms with Crippen LogP contribution in [0.15, 0.2) is 53.6 Å². The summed E-state index contributed by atoms with van der Waals surface area (Å²) in [5, 5.41) is 6.94. The third-order valence-electron chi connectivity index (χ3n) is 3.37. The van der Waals surface area contributed by atoms with E-state index in [2.05, 4.69) is 15.8 Å². The highest BCUT2D eigenvalue weighted by atomic mass is 35.5. The number of hydrogen-bond donors (Lipinski definition) is 2. The van der Waals surface area contributed by atoms with Crippen molar-refractivity contribution in [1.82, 2.24) is 5.43 Å². The number of anilines is 1. The molecule has 0 aliphatic rings. The van der Waals surface area contributed by atoms with Gasteiger partial charge in [-0.2, -0.15) is 5.10 Å². The number of carbonyl (C=O) groups is 3. The highest BCUT2D eigenvalue weighted by molar-refractivity contribution is 6.30. The van der Waals surface area contributed by atoms with Gasteiger partial charge in [0, 0.05) is 10.7 Å². The molecule has 0 bridgehead atoms. The van der Waals surface area contributed by atoms with Crippen LogP contribution in [0.5, 0.6) is 5.75 Å². The van der Waals surface area contributed by atoms with Crippen molar-refractivity contribution in [3.63, 3.8) is 0 Å². The summed E-state index contributed by atoms with van der Waals surface area (Å²) in [5.41, 5.74) is 3.45. The van der Waals surface area contributed by atoms with Crippen LogP contribution in [0, 0.1) is 0 Å². The van der Waals surface area contributed by atoms with E-state index in [-0.39, 0.29) is 19.6 Å². The van der Waals surface area contributed by atoms with E-state index < -0.39 is 17.8 Å². The lowest BCUT2D eigenvalue weighted by molar-refractivity contribution is -0.145. The Labute approximate surface area is 172 Å². The molecule has 0 saturated heterocycles. The Morgan fingerprint density at radius 2 is 1.86 bits per heavy atom. The second kappa shape index (κ2) is 11.5. The van der Waals surface area contributed by atoms with E-state index >= 15 is 0 Å². The molecular weight excluding hydrogens is 398 g/mol. The lowest BCUT2D eigenvalue weighted by Crippen LogP contribution is -2.24. The monoisotopic (exact) mass is 417 g/mol. The SMILES string of the molecule is CCOC(=O)COc1cccc(C=NNC(=O)CC(=O)Nc2ccc(Cl)cc2)c1. The molecule has 0 heterocycles. The smallest absolute Gasteiger partial charge is 0.344 e. The van der Waals surface area contributed by atoms with Crippen molar-refractivity contribution in [2.24, 2.45) is 5.10 Å². The van der Waals surface area contributed by atoms with Crippen LogP contribution in [-0.2, 0) is 19.1 Å². The molecule has 0 aromatic heterocycles. The second-order valence-electron chi connectivity index (χ2n) is 5.69. The summed E-state index contributed by atoms with van der Waals surface area (Å²) < 4.78 is 10.1. The minimum atomic E-state index is -0.567. The zero-order valence-corrected chi connectivity index (χ0v) is 16.4. The van der Waals surface area contributed by atoms with Crippen LogP contribution < -0.4 is 15.5 Å². The normalized spacial score (nSPS) is 10.4. The van der Waals surface area contributed by atoms with Crippen molar-refractivity contribution >= 4 is 41.3 Å². The van der Waals surface area contributed by atoms with Crippen LogP contribution in [0.1, 0.15) is 18.9 Å². The Morgan fingerprint density at radius 1 is 1.10 bits per heavy atom. The minimum absolute atomic E-state index is 0.200. The Bertz CT molecular complexity index is 884. The van der Waals surface area contributed by atoms with E-state index in [4.69, 9.17) is 21.1 Å². The molecule has 0 saturated carbocycles. The van der Waals surface area contributed by atoms with Gasteiger partial charge in [0.15, 0.2) is 6.61 Å². The molecule has 2 N–H and O–H groups in total. The first-order valence-electron chi connectivity index (χ1n) is 8.72. The molecule has 2 aromatic rings. The molecule has 0 aliphatic carbocycles. The summed E-state index contributed by atoms with van der Waals surface area (Å²) >= 11 is 5.77. The van der Waals surface area contributed by atoms with Gasteiger partial charge in [0.25, 0.3) is 0 Å². The fraction of sp³-hybridized carbons (Fsp3) is 0.200. The van der Waals surface area contributed by atoms with Crippen molar-refractivity contribution in [2.45, 2.75) is 13.3 Å². The summed E-state index contributed by atoms with van der Waals surface area (Å²) in [5.74, 6) is -1.05. The maximum atomic E-state index is 11.8. The van der Waals surface area contributed by atoms with Crippen LogP contribution in [-0.4, -0.2) is 37.2 Å². The van der Waals surface area contributed by atoms with Crippen molar-refractivity contribution in [2.75, 3.05) is 18.5 Å². The largest absolute Gasteiger partial charge is 0.482 e. The number of nitrogens with zero attached hydrogens (tertiary/aromatic N) is 1. The zero-order chi connectivity index (χ0) is 21.1. The summed E-state index contributed by atoms with van der Waals surface area (Å²) in [6, 6.07) is 13.3. The average Bonchev–Trinajstić information content (AvgIpc) is 2.69. The first kappa shape index (κ1) is 21.9. The summed E-state index contributed by atoms with van der Waals surface area (Å²) in [7, 11) is 0. The molecule has 9 heteroatoms. The third-order valence-corrected chi connectivity index (χ3v) is 3.62. The maximum Gasteiger partial charge on any atom is 0.344 e. The fourth-order valence-electron chi connectivity index (χ4n) is 2.13. The molecule has 0 spiro atoms. The Hall–Kier alpha value is -3.39. The molecule has 0 radical (unpaired) electrons. The topological polar surface area (TPSA) is 106 Å². The lowest BCUT2D eigenvalue weighted by atomic mass is 10.2. The molecule has 2 amide bonds. The van der Waals surface area contributed by atoms with Crippen molar-refractivity contribution < 1.29 is 23.9 Å². The van der Waals surface area contributed by atoms with E-state index in [9.17, 15) is 14.4 Å². The van der Waals surface area contributed by atoms with Gasteiger partial charge in [-0.05, 0) is 48.9 Å². The minimum Gasteiger partial charge on any atom is -0.482 e. The van der Waals surface area contributed by atoms with Gasteiger partial charge >= 0.3 is 5.97 Å². The molecule has 152 valence electrons. The van der Waals surface area contributed by atoms with Gasteiger partial charge in [-0.3, -0.25) is 9.59 Å². The summed E-state index contributed by atoms with van der Waals surface area (Å²) in [6.07, 6.45) is 1.01. The summed E-state index contributed by atoms with van der Waals surface area (Å²) in [6.45, 7) is 1.80. The zero-order valence-electron chi connectivity index (χ0n) is 15.7. The molecule has 0 unspecified atom stereocenters. The number of nitrogens with one attached hydrogen (secondary N) is 2. The van der Waals surface area contributed by atoms with Crippen LogP contribution >= 0.6 is 11.6 Å². The maximum absolute atomic E-state index is 11.8. The Morgan fingerprint density at radius 3 is 2.59 bits per heavy atom. The van der Waals surface area contributed by atoms with E-state index in [1.807, 2.05) is 0 Å². The number of hydrogen-bond acceptors (Lipinski definition) is 6. The molecule has 2 rings (SSSR count). The van der Waals surface area contributed by atoms with E-state index in [0.29, 0.717) is 22.0 Å². The standard InChI is InChI=1S/C20H20ClN3O5/c1-2-28-20(27)13-29-17-5-3-4-14(10-17)12-22-24-19(26)11-18(25)23-16-8-6-15(21)7-9-16/h3-10,12H,2,11,13H2,1H3,(H,23,25)(H,24,26). The number of rotatable bonds is 9. The first-order chi connectivity index (χ1) is 14.0. The molecular formula is C20H20ClN3O5. The van der Waals surface area contributed by atoms with Crippen LogP contribution in [0.3, 0.4) is 0 Å². The number of hydrazone groups is 1. The van der Waals surface area contributed by atoms with Gasteiger partial charge < -0.3 is 14.8 Å². The number of carbonyl (C=O) groups excluding carboxylic acids is 3. The Kier molecular flexibility index (Phi) is 8.65. The number of halogens is 1. The lowest BCUT2D eigenvalue weighted by Gasteiger charge is -2.06. The van der Waals surface area contributed by atoms with Crippen LogP contribution in [0.4, 0.5) is 5.69 Å². The number of esters is 1. The predicted octanol–water partition coefficient (Wildman–Crippen LogP) is 2.76. The molecule has 2 aromatic carbocycles. The van der Waals surface area contributed by atoms with Gasteiger partial charge in [0.1, 0.15) is 12.2 Å². The van der Waals surface area contributed by atoms with E-state index in [0.717, 1.165) is 0 Å². The predicted molar refractivity (Wildman–Crippen MR) is 109 cm³/mol. The molecule has 0 atom stereocenters. The van der Waals surface area contributed by atoms with Crippen LogP contribution in [0.2, 0.25) is 5.02 Å². The Balaban J connectivity index is 1.78. The molecule has 0 aliphatic heterocycles. The van der Waals surface area contributed by atoms with Crippen molar-refractivity contribution in [3.05, 3.63) is 59.1 Å². The molecule has 29 heavy (non-hydrogen) atoms. The second-order valence-corrected chi connectivity index (χ2v) is 6.13. The van der Waals surface area contributed by atoms with Crippen molar-refractivity contribution in [1.29, 1.82) is 0 Å². The molecule has 0 fully saturated rings. The molecule has 8 nitrogen and oxygen atoms in total. The van der Waals surface area contributed by atoms with Gasteiger partial charge in [-0.25, -0.2) is 10.2 Å². The van der Waals surface area contributed by atoms with E-state index in [1.54, 1.807) is 55.5 Å². The highest BCUT2D eigenvalue weighted by Crippen LogP contribution is 2.14. The first-order valence-corrected chi connectivity index (χ1v) is 9.10. The number of ether oxygens (including phenoxy) is 2. The average molecular weight is 418 g/mol. The fourth-order valence-corrected chi connectivity index (χ4v) is 2.26. The number of benzene rings is 2.